The number of phosphoric acid groups is 1. The highest BCUT2D eigenvalue weighted by atomic mass is 31.2. The molecule has 0 aliphatic carbocycles. The van der Waals surface area contributed by atoms with Gasteiger partial charge in [-0.15, -0.1) is 0 Å². The Morgan fingerprint density at radius 2 is 0.792 bits per heavy atom. The third-order valence-corrected chi connectivity index (χ3v) is 12.4. The highest BCUT2D eigenvalue weighted by Gasteiger charge is 2.21. The van der Waals surface area contributed by atoms with Gasteiger partial charge in [0.2, 0.25) is 0 Å². The van der Waals surface area contributed by atoms with Crippen molar-refractivity contribution in [2.45, 2.75) is 213 Å². The number of likely N-dealkylation sites (N-methyl/N-ethyl adjacent to an activating group) is 1. The van der Waals surface area contributed by atoms with Crippen molar-refractivity contribution in [2.24, 2.45) is 0 Å². The molecule has 0 fully saturated rings. The second-order valence-electron chi connectivity index (χ2n) is 19.6. The Morgan fingerprint density at radius 1 is 0.444 bits per heavy atom. The Morgan fingerprint density at radius 3 is 1.21 bits per heavy atom. The minimum atomic E-state index is -4.65. The van der Waals surface area contributed by atoms with Crippen molar-refractivity contribution >= 4 is 19.8 Å². The summed E-state index contributed by atoms with van der Waals surface area (Å²) in [4.78, 5) is 37.8. The van der Waals surface area contributed by atoms with Crippen molar-refractivity contribution in [1.29, 1.82) is 0 Å². The summed E-state index contributed by atoms with van der Waals surface area (Å²) < 4.78 is 34.1. The number of carbonyl (C=O) groups excluding carboxylic acids is 2. The van der Waals surface area contributed by atoms with E-state index in [1.54, 1.807) is 0 Å². The number of ether oxygens (including phenoxy) is 2. The molecule has 0 aromatic rings. The number of carbonyl (C=O) groups is 2. The molecule has 2 unspecified atom stereocenters. The van der Waals surface area contributed by atoms with Gasteiger partial charge in [-0.05, 0) is 109 Å². The summed E-state index contributed by atoms with van der Waals surface area (Å²) in [5, 5.41) is 0. The zero-order valence-corrected chi connectivity index (χ0v) is 47.2. The molecule has 0 amide bonds. The van der Waals surface area contributed by atoms with Gasteiger partial charge in [0.05, 0.1) is 27.7 Å². The first-order valence-electron chi connectivity index (χ1n) is 28.2. The van der Waals surface area contributed by atoms with E-state index in [9.17, 15) is 19.0 Å². The predicted molar refractivity (Wildman–Crippen MR) is 305 cm³/mol. The number of unbranched alkanes of at least 4 members (excludes halogenated alkanes) is 16. The third-order valence-electron chi connectivity index (χ3n) is 11.5. The molecule has 410 valence electrons. The number of hydrogen-bond donors (Lipinski definition) is 0. The van der Waals surface area contributed by atoms with E-state index in [1.165, 1.54) is 64.2 Å². The highest BCUT2D eigenvalue weighted by Crippen LogP contribution is 2.38. The van der Waals surface area contributed by atoms with E-state index in [4.69, 9.17) is 18.5 Å². The molecular formula is C62H104NO8P. The molecule has 0 saturated carbocycles. The maximum Gasteiger partial charge on any atom is 0.306 e. The van der Waals surface area contributed by atoms with Crippen molar-refractivity contribution in [3.8, 4) is 0 Å². The average Bonchev–Trinajstić information content (AvgIpc) is 3.34. The van der Waals surface area contributed by atoms with Gasteiger partial charge >= 0.3 is 11.9 Å². The van der Waals surface area contributed by atoms with Crippen LogP contribution in [0, 0.1) is 0 Å². The summed E-state index contributed by atoms with van der Waals surface area (Å²) in [6.07, 6.45) is 73.8. The number of esters is 2. The van der Waals surface area contributed by atoms with Gasteiger partial charge in [-0.2, -0.15) is 0 Å². The van der Waals surface area contributed by atoms with Crippen molar-refractivity contribution in [2.75, 3.05) is 47.5 Å². The average molecular weight is 1020 g/mol. The minimum Gasteiger partial charge on any atom is -0.756 e. The molecule has 9 nitrogen and oxygen atoms in total. The van der Waals surface area contributed by atoms with Gasteiger partial charge in [-0.1, -0.05) is 206 Å². The van der Waals surface area contributed by atoms with E-state index >= 15 is 0 Å². The van der Waals surface area contributed by atoms with Crippen LogP contribution in [-0.2, 0) is 32.7 Å². The topological polar surface area (TPSA) is 111 Å². The Kier molecular flexibility index (Phi) is 49.7. The van der Waals surface area contributed by atoms with Crippen molar-refractivity contribution in [3.63, 3.8) is 0 Å². The second kappa shape index (κ2) is 52.3. The van der Waals surface area contributed by atoms with Crippen LogP contribution in [0.1, 0.15) is 206 Å². The Labute approximate surface area is 441 Å². The molecule has 0 bridgehead atoms. The Bertz CT molecular complexity index is 1630. The number of allylic oxidation sites excluding steroid dienone is 20. The van der Waals surface area contributed by atoms with E-state index in [0.29, 0.717) is 23.9 Å². The first-order valence-corrected chi connectivity index (χ1v) is 29.7. The SMILES string of the molecule is CC/C=C\C/C=C\C/C=C\C/C=C\C/C=C\C/C=C\C/C=C\C/C=C\C/C=C\CCCCCC(=O)OC(COC(=O)CCCCCCCCC/C=C\CCCCCCCC)COP(=O)([O-])OCC[N+](C)(C)C. The third kappa shape index (κ3) is 55.7. The monoisotopic (exact) mass is 1020 g/mol. The van der Waals surface area contributed by atoms with Crippen LogP contribution in [0.4, 0.5) is 0 Å². The summed E-state index contributed by atoms with van der Waals surface area (Å²) >= 11 is 0. The number of phosphoric ester groups is 1. The first-order chi connectivity index (χ1) is 35.0. The largest absolute Gasteiger partial charge is 0.756 e. The van der Waals surface area contributed by atoms with E-state index in [2.05, 4.69) is 135 Å². The summed E-state index contributed by atoms with van der Waals surface area (Å²) in [5.74, 6) is -0.885. The van der Waals surface area contributed by atoms with Crippen LogP contribution < -0.4 is 4.89 Å². The molecule has 2 atom stereocenters. The molecule has 0 N–H and O–H groups in total. The zero-order valence-electron chi connectivity index (χ0n) is 46.3. The Balaban J connectivity index is 4.31. The molecule has 0 aliphatic heterocycles. The predicted octanol–water partition coefficient (Wildman–Crippen LogP) is 17.0. The summed E-state index contributed by atoms with van der Waals surface area (Å²) in [6.45, 7) is 4.06. The zero-order chi connectivity index (χ0) is 52.7. The van der Waals surface area contributed by atoms with Gasteiger partial charge in [0.1, 0.15) is 19.8 Å². The highest BCUT2D eigenvalue weighted by molar-refractivity contribution is 7.45. The van der Waals surface area contributed by atoms with Crippen LogP contribution in [0.5, 0.6) is 0 Å². The Hall–Kier alpha value is -3.59. The van der Waals surface area contributed by atoms with Gasteiger partial charge in [-0.25, -0.2) is 0 Å². The van der Waals surface area contributed by atoms with Gasteiger partial charge in [0, 0.05) is 12.8 Å². The normalized spacial score (nSPS) is 14.2. The quantitative estimate of drug-likeness (QED) is 0.0195. The fourth-order valence-corrected chi connectivity index (χ4v) is 7.84. The van der Waals surface area contributed by atoms with E-state index in [1.807, 2.05) is 21.1 Å². The van der Waals surface area contributed by atoms with Crippen LogP contribution in [0.2, 0.25) is 0 Å². The van der Waals surface area contributed by atoms with E-state index in [0.717, 1.165) is 103 Å². The first kappa shape index (κ1) is 68.4. The molecule has 10 heteroatoms. The van der Waals surface area contributed by atoms with Crippen molar-refractivity contribution in [1.82, 2.24) is 0 Å². The molecule has 0 aliphatic rings. The lowest BCUT2D eigenvalue weighted by Crippen LogP contribution is -2.37. The van der Waals surface area contributed by atoms with Crippen LogP contribution in [0.15, 0.2) is 122 Å². The summed E-state index contributed by atoms with van der Waals surface area (Å²) in [6, 6.07) is 0. The number of nitrogens with zero attached hydrogens (tertiary/aromatic N) is 1. The van der Waals surface area contributed by atoms with Crippen molar-refractivity contribution < 1.29 is 42.1 Å². The lowest BCUT2D eigenvalue weighted by molar-refractivity contribution is -0.870. The van der Waals surface area contributed by atoms with Crippen molar-refractivity contribution in [3.05, 3.63) is 122 Å². The molecule has 0 rings (SSSR count). The fourth-order valence-electron chi connectivity index (χ4n) is 7.11. The second-order valence-corrected chi connectivity index (χ2v) is 21.0. The summed E-state index contributed by atoms with van der Waals surface area (Å²) in [7, 11) is 1.12. The van der Waals surface area contributed by atoms with Gasteiger partial charge < -0.3 is 27.9 Å². The molecule has 0 spiro atoms. The van der Waals surface area contributed by atoms with Crippen LogP contribution >= 0.6 is 7.82 Å². The standard InChI is InChI=1S/C62H104NO8P/c1-6-8-10-12-14-16-18-20-22-24-25-26-27-28-29-30-31-32-33-34-35-36-37-39-41-43-45-47-49-51-53-55-62(65)71-60(59-70-72(66,67)69-57-56-63(3,4)5)58-68-61(64)54-52-50-48-46-44-42-40-38-23-21-19-17-15-13-11-9-7-2/h8,10,14,16,20-23,25-26,28-29,31-32,34-35,37,39,43,45,60H,6-7,9,11-13,15,17-19,24,27,30,33,36,38,40-42,44,46-59H2,1-5H3/b10-8-,16-14-,22-20-,23-21-,26-25-,29-28-,32-31-,35-34-,39-37-,45-43-. The molecular weight excluding hydrogens is 918 g/mol. The molecule has 0 radical (unpaired) electrons. The lowest BCUT2D eigenvalue weighted by Gasteiger charge is -2.28. The number of hydrogen-bond acceptors (Lipinski definition) is 8. The molecule has 0 aromatic heterocycles. The van der Waals surface area contributed by atoms with Gasteiger partial charge in [0.15, 0.2) is 6.10 Å². The summed E-state index contributed by atoms with van der Waals surface area (Å²) in [5.41, 5.74) is 0. The van der Waals surface area contributed by atoms with E-state index < -0.39 is 32.5 Å². The van der Waals surface area contributed by atoms with Crippen LogP contribution in [0.25, 0.3) is 0 Å². The lowest BCUT2D eigenvalue weighted by atomic mass is 10.1. The molecule has 0 heterocycles. The number of quaternary nitrogens is 1. The molecule has 0 aromatic carbocycles. The maximum absolute atomic E-state index is 12.8. The minimum absolute atomic E-state index is 0.0449. The van der Waals surface area contributed by atoms with Crippen LogP contribution in [0.3, 0.4) is 0 Å². The fraction of sp³-hybridized carbons (Fsp3) is 0.645. The maximum atomic E-state index is 12.8. The van der Waals surface area contributed by atoms with Gasteiger partial charge in [-0.3, -0.25) is 14.2 Å². The molecule has 0 saturated heterocycles. The number of rotatable bonds is 50. The van der Waals surface area contributed by atoms with Gasteiger partial charge in [0.25, 0.3) is 7.82 Å². The van der Waals surface area contributed by atoms with E-state index in [-0.39, 0.29) is 26.1 Å². The smallest absolute Gasteiger partial charge is 0.306 e. The molecule has 72 heavy (non-hydrogen) atoms. The van der Waals surface area contributed by atoms with Crippen LogP contribution in [-0.4, -0.2) is 70.0 Å².